The van der Waals surface area contributed by atoms with Gasteiger partial charge in [0.05, 0.1) is 0 Å². The molecule has 0 aliphatic rings. The second kappa shape index (κ2) is 29.7. The molecule has 0 saturated carbocycles. The molecule has 0 unspecified atom stereocenters. The van der Waals surface area contributed by atoms with Gasteiger partial charge in [-0.1, -0.05) is 0 Å². The molecule has 4 N–H and O–H groups in total. The molecule has 0 aliphatic heterocycles. The van der Waals surface area contributed by atoms with Crippen molar-refractivity contribution in [3.63, 3.8) is 0 Å². The van der Waals surface area contributed by atoms with Crippen LogP contribution in [0.25, 0.3) is 0 Å². The molecule has 0 aliphatic carbocycles. The molecule has 0 aromatic rings. The third-order valence-electron chi connectivity index (χ3n) is 0. The molecule has 0 aromatic carbocycles. The maximum absolute atomic E-state index is 0. The predicted octanol–water partition coefficient (Wildman–Crippen LogP) is -2.57. The fourth-order valence-electron chi connectivity index (χ4n) is 0. The Kier molecular flexibility index (Phi) is 471. The van der Waals surface area contributed by atoms with Gasteiger partial charge in [-0.15, -0.1) is 0 Å². The maximum Gasteiger partial charge on any atom is 0.316 e. The molecule has 4 heteroatoms. The second-order valence-electron chi connectivity index (χ2n) is 0. The molecule has 2 nitrogen and oxygen atoms in total. The Balaban J connectivity index is 0. The Morgan fingerprint density at radius 2 is 0.750 bits per heavy atom. The number of hydrogen-bond acceptors (Lipinski definition) is 0. The van der Waals surface area contributed by atoms with Gasteiger partial charge in [-0.25, -0.2) is 0 Å². The Hall–Kier alpha value is 1.21. The summed E-state index contributed by atoms with van der Waals surface area (Å²) in [6, 6.07) is 0. The van der Waals surface area contributed by atoms with E-state index in [1.165, 1.54) is 0 Å². The summed E-state index contributed by atoms with van der Waals surface area (Å²) in [5, 5.41) is 0. The summed E-state index contributed by atoms with van der Waals surface area (Å²) in [5.74, 6) is 0. The minimum absolute atomic E-state index is 0. The van der Waals surface area contributed by atoms with Crippen LogP contribution in [0.3, 0.4) is 0 Å². The van der Waals surface area contributed by atoms with Crippen LogP contribution in [0.4, 0.5) is 0 Å². The zero-order chi connectivity index (χ0) is 0. The third-order valence-corrected chi connectivity index (χ3v) is 0. The summed E-state index contributed by atoms with van der Waals surface area (Å²) >= 11 is 0. The average Bonchev–Trinajstić information content (AvgIpc) is 0. The van der Waals surface area contributed by atoms with Crippen LogP contribution in [-0.2, 0) is 17.1 Å². The van der Waals surface area contributed by atoms with Crippen LogP contribution in [0.5, 0.6) is 0 Å². The van der Waals surface area contributed by atoms with E-state index in [1.54, 1.807) is 0 Å². The molecule has 0 amide bonds. The first kappa shape index (κ1) is 63.3. The fraction of sp³-hybridized carbons (Fsp3) is 0. The number of hydrogen-bond donors (Lipinski definition) is 0. The minimum atomic E-state index is 0. The summed E-state index contributed by atoms with van der Waals surface area (Å²) < 4.78 is 0. The molecule has 0 spiro atoms. The second-order valence-corrected chi connectivity index (χ2v) is 0. The van der Waals surface area contributed by atoms with Crippen LogP contribution in [0.1, 0.15) is 0 Å². The van der Waals surface area contributed by atoms with Crippen LogP contribution < -0.4 is 0 Å². The minimum Gasteiger partial charge on any atom is -0.412 e. The third kappa shape index (κ3) is 10.7. The van der Waals surface area contributed by atoms with Gasteiger partial charge >= 0.3 is 23.1 Å². The van der Waals surface area contributed by atoms with E-state index in [-0.39, 0.29) is 51.1 Å². The quantitative estimate of drug-likeness (QED) is 0.313. The van der Waals surface area contributed by atoms with E-state index in [0.717, 1.165) is 0 Å². The van der Waals surface area contributed by atoms with Gasteiger partial charge < -0.3 is 11.0 Å². The van der Waals surface area contributed by atoms with E-state index in [4.69, 9.17) is 0 Å². The average molecular weight is 117 g/mol. The monoisotopic (exact) mass is 117 g/mol. The number of rotatable bonds is 0. The first-order valence-corrected chi connectivity index (χ1v) is 0. The molecule has 0 atom stereocenters. The van der Waals surface area contributed by atoms with Crippen molar-refractivity contribution in [2.45, 2.75) is 0 Å². The van der Waals surface area contributed by atoms with Gasteiger partial charge in [-0.05, 0) is 0 Å². The van der Waals surface area contributed by atoms with Crippen molar-refractivity contribution in [2.75, 3.05) is 0 Å². The molecule has 0 aromatic heterocycles. The van der Waals surface area contributed by atoms with E-state index < -0.39 is 0 Å². The first-order chi connectivity index (χ1) is 0. The fourth-order valence-corrected chi connectivity index (χ4v) is 0. The standard InChI is InChI=1S/Mg.Mn.2H2O.2H/h;;2*1H2;;. The molecule has 0 bridgehead atoms. The van der Waals surface area contributed by atoms with Crippen molar-refractivity contribution in [1.82, 2.24) is 0 Å². The van der Waals surface area contributed by atoms with Crippen LogP contribution in [0.2, 0.25) is 0 Å². The molecular formula is H6MgMnO2. The van der Waals surface area contributed by atoms with Crippen LogP contribution in [-0.4, -0.2) is 34.0 Å². The molecule has 0 saturated heterocycles. The summed E-state index contributed by atoms with van der Waals surface area (Å²) in [5.41, 5.74) is 0. The Labute approximate surface area is 51.2 Å². The first-order valence-electron chi connectivity index (χ1n) is 0. The smallest absolute Gasteiger partial charge is 0.316 e. The largest absolute Gasteiger partial charge is 0.412 e. The van der Waals surface area contributed by atoms with E-state index in [2.05, 4.69) is 0 Å². The topological polar surface area (TPSA) is 63.0 Å². The van der Waals surface area contributed by atoms with Crippen molar-refractivity contribution in [1.29, 1.82) is 0 Å². The zero-order valence-corrected chi connectivity index (χ0v) is 2.56. The van der Waals surface area contributed by atoms with Gasteiger partial charge in [0.25, 0.3) is 0 Å². The molecule has 4 heavy (non-hydrogen) atoms. The predicted molar refractivity (Wildman–Crippen MR) is 15.8 cm³/mol. The SMILES string of the molecule is O.O.[MgH2].[Mn]. The normalized spacial score (nSPS) is 0. The molecular weight excluding hydrogens is 111 g/mol. The van der Waals surface area contributed by atoms with Crippen LogP contribution in [0, 0.1) is 0 Å². The van der Waals surface area contributed by atoms with Gasteiger partial charge in [0, 0.05) is 17.1 Å². The Bertz CT molecular complexity index is 6.00. The van der Waals surface area contributed by atoms with Crippen molar-refractivity contribution in [3.05, 3.63) is 0 Å². The zero-order valence-electron chi connectivity index (χ0n) is 1.38. The van der Waals surface area contributed by atoms with Gasteiger partial charge in [-0.2, -0.15) is 0 Å². The van der Waals surface area contributed by atoms with E-state index in [9.17, 15) is 0 Å². The van der Waals surface area contributed by atoms with Gasteiger partial charge in [0.15, 0.2) is 0 Å². The van der Waals surface area contributed by atoms with Crippen molar-refractivity contribution >= 4 is 23.1 Å². The molecule has 27 valence electrons. The van der Waals surface area contributed by atoms with Gasteiger partial charge in [-0.3, -0.25) is 0 Å². The van der Waals surface area contributed by atoms with E-state index >= 15 is 0 Å². The summed E-state index contributed by atoms with van der Waals surface area (Å²) in [6.45, 7) is 0. The van der Waals surface area contributed by atoms with E-state index in [1.807, 2.05) is 0 Å². The summed E-state index contributed by atoms with van der Waals surface area (Å²) in [6.07, 6.45) is 0. The molecule has 1 radical (unpaired) electrons. The molecule has 0 rings (SSSR count). The maximum atomic E-state index is 0. The van der Waals surface area contributed by atoms with Crippen molar-refractivity contribution in [3.8, 4) is 0 Å². The van der Waals surface area contributed by atoms with Crippen molar-refractivity contribution in [2.24, 2.45) is 0 Å². The van der Waals surface area contributed by atoms with Crippen LogP contribution >= 0.6 is 0 Å². The summed E-state index contributed by atoms with van der Waals surface area (Å²) in [7, 11) is 0. The van der Waals surface area contributed by atoms with Gasteiger partial charge in [0.1, 0.15) is 0 Å². The summed E-state index contributed by atoms with van der Waals surface area (Å²) in [4.78, 5) is 0. The van der Waals surface area contributed by atoms with E-state index in [0.29, 0.717) is 0 Å². The van der Waals surface area contributed by atoms with Crippen LogP contribution in [0.15, 0.2) is 0 Å². The van der Waals surface area contributed by atoms with Crippen molar-refractivity contribution < 1.29 is 28.0 Å². The molecule has 0 heterocycles. The Morgan fingerprint density at radius 3 is 0.750 bits per heavy atom. The molecule has 0 fully saturated rings. The Morgan fingerprint density at radius 1 is 0.750 bits per heavy atom. The van der Waals surface area contributed by atoms with Gasteiger partial charge in [0.2, 0.25) is 0 Å².